The Morgan fingerprint density at radius 2 is 2.08 bits per heavy atom. The van der Waals surface area contributed by atoms with E-state index < -0.39 is 0 Å². The van der Waals surface area contributed by atoms with E-state index in [1.807, 2.05) is 51.2 Å². The van der Waals surface area contributed by atoms with Gasteiger partial charge >= 0.3 is 5.97 Å². The Hall–Kier alpha value is -2.56. The number of anilines is 1. The standard InChI is InChI=1S/C19H22N2O3/c1-4-23-19(22)17-10-15-9-13(5-7-16(15)21-17)14-6-8-18(20-11-14)24-12(2)3/h5-9,11-12,17,21H,4,10H2,1-3H3. The summed E-state index contributed by atoms with van der Waals surface area (Å²) in [6.07, 6.45) is 2.56. The molecule has 0 spiro atoms. The van der Waals surface area contributed by atoms with Crippen LogP contribution in [-0.2, 0) is 16.0 Å². The largest absolute Gasteiger partial charge is 0.475 e. The molecule has 0 fully saturated rings. The molecule has 1 atom stereocenters. The van der Waals surface area contributed by atoms with Gasteiger partial charge in [-0.05, 0) is 50.1 Å². The van der Waals surface area contributed by atoms with Crippen LogP contribution < -0.4 is 10.1 Å². The highest BCUT2D eigenvalue weighted by molar-refractivity contribution is 5.83. The first-order valence-corrected chi connectivity index (χ1v) is 8.26. The van der Waals surface area contributed by atoms with Gasteiger partial charge in [0.05, 0.1) is 12.7 Å². The molecule has 1 aliphatic heterocycles. The number of aromatic nitrogens is 1. The van der Waals surface area contributed by atoms with Crippen molar-refractivity contribution in [2.75, 3.05) is 11.9 Å². The Kier molecular flexibility index (Phi) is 4.69. The van der Waals surface area contributed by atoms with Crippen LogP contribution >= 0.6 is 0 Å². The zero-order valence-corrected chi connectivity index (χ0v) is 14.2. The topological polar surface area (TPSA) is 60.5 Å². The summed E-state index contributed by atoms with van der Waals surface area (Å²) in [7, 11) is 0. The molecule has 0 amide bonds. The van der Waals surface area contributed by atoms with E-state index in [0.717, 1.165) is 22.4 Å². The minimum atomic E-state index is -0.296. The zero-order chi connectivity index (χ0) is 17.1. The molecule has 1 aromatic carbocycles. The van der Waals surface area contributed by atoms with Gasteiger partial charge in [-0.1, -0.05) is 6.07 Å². The van der Waals surface area contributed by atoms with Gasteiger partial charge in [0, 0.05) is 29.9 Å². The molecule has 0 radical (unpaired) electrons. The quantitative estimate of drug-likeness (QED) is 0.853. The van der Waals surface area contributed by atoms with Crippen molar-refractivity contribution in [1.82, 2.24) is 4.98 Å². The third kappa shape index (κ3) is 3.50. The molecule has 1 aliphatic rings. The molecule has 3 rings (SSSR count). The highest BCUT2D eigenvalue weighted by atomic mass is 16.5. The van der Waals surface area contributed by atoms with Crippen LogP contribution in [0.2, 0.25) is 0 Å². The molecule has 0 saturated carbocycles. The maximum Gasteiger partial charge on any atom is 0.328 e. The van der Waals surface area contributed by atoms with Gasteiger partial charge in [0.1, 0.15) is 6.04 Å². The van der Waals surface area contributed by atoms with E-state index in [-0.39, 0.29) is 18.1 Å². The third-order valence-electron chi connectivity index (χ3n) is 3.86. The van der Waals surface area contributed by atoms with Crippen molar-refractivity contribution < 1.29 is 14.3 Å². The van der Waals surface area contributed by atoms with Gasteiger partial charge in [-0.2, -0.15) is 0 Å². The minimum absolute atomic E-state index is 0.106. The van der Waals surface area contributed by atoms with Gasteiger partial charge in [0.25, 0.3) is 0 Å². The molecular formula is C19H22N2O3. The van der Waals surface area contributed by atoms with Gasteiger partial charge in [0.2, 0.25) is 5.88 Å². The average Bonchev–Trinajstić information content (AvgIpc) is 2.98. The first-order valence-electron chi connectivity index (χ1n) is 8.26. The van der Waals surface area contributed by atoms with Crippen LogP contribution in [0.1, 0.15) is 26.3 Å². The number of fused-ring (bicyclic) bond motifs is 1. The first-order chi connectivity index (χ1) is 11.6. The summed E-state index contributed by atoms with van der Waals surface area (Å²) in [6, 6.07) is 9.71. The van der Waals surface area contributed by atoms with Crippen LogP contribution in [-0.4, -0.2) is 29.7 Å². The van der Waals surface area contributed by atoms with Gasteiger partial charge in [-0.25, -0.2) is 9.78 Å². The van der Waals surface area contributed by atoms with E-state index in [0.29, 0.717) is 18.9 Å². The smallest absolute Gasteiger partial charge is 0.328 e. The summed E-state index contributed by atoms with van der Waals surface area (Å²) in [4.78, 5) is 16.2. The number of esters is 1. The maximum atomic E-state index is 11.9. The molecule has 126 valence electrons. The highest BCUT2D eigenvalue weighted by Gasteiger charge is 2.27. The second kappa shape index (κ2) is 6.91. The van der Waals surface area contributed by atoms with Crippen molar-refractivity contribution in [3.8, 4) is 17.0 Å². The molecule has 1 N–H and O–H groups in total. The second-order valence-electron chi connectivity index (χ2n) is 6.08. The number of carbonyl (C=O) groups is 1. The van der Waals surface area contributed by atoms with Crippen molar-refractivity contribution in [3.63, 3.8) is 0 Å². The number of ether oxygens (including phenoxy) is 2. The number of hydrogen-bond donors (Lipinski definition) is 1. The molecule has 1 unspecified atom stereocenters. The Balaban J connectivity index is 1.76. The van der Waals surface area contributed by atoms with E-state index in [1.54, 1.807) is 0 Å². The minimum Gasteiger partial charge on any atom is -0.475 e. The van der Waals surface area contributed by atoms with Crippen molar-refractivity contribution in [3.05, 3.63) is 42.1 Å². The first kappa shape index (κ1) is 16.3. The van der Waals surface area contributed by atoms with Crippen molar-refractivity contribution in [1.29, 1.82) is 0 Å². The fourth-order valence-electron chi connectivity index (χ4n) is 2.79. The highest BCUT2D eigenvalue weighted by Crippen LogP contribution is 2.31. The number of hydrogen-bond acceptors (Lipinski definition) is 5. The summed E-state index contributed by atoms with van der Waals surface area (Å²) in [5.74, 6) is 0.422. The van der Waals surface area contributed by atoms with E-state index in [2.05, 4.69) is 16.4 Å². The van der Waals surface area contributed by atoms with Crippen LogP contribution in [0.5, 0.6) is 5.88 Å². The summed E-state index contributed by atoms with van der Waals surface area (Å²) < 4.78 is 10.7. The second-order valence-corrected chi connectivity index (χ2v) is 6.08. The Morgan fingerprint density at radius 1 is 1.29 bits per heavy atom. The Labute approximate surface area is 142 Å². The molecular weight excluding hydrogens is 304 g/mol. The monoisotopic (exact) mass is 326 g/mol. The molecule has 24 heavy (non-hydrogen) atoms. The fraction of sp³-hybridized carbons (Fsp3) is 0.368. The summed E-state index contributed by atoms with van der Waals surface area (Å²) in [5, 5.41) is 3.22. The van der Waals surface area contributed by atoms with Gasteiger partial charge in [-0.3, -0.25) is 0 Å². The van der Waals surface area contributed by atoms with Crippen LogP contribution in [0.15, 0.2) is 36.5 Å². The number of carbonyl (C=O) groups excluding carboxylic acids is 1. The van der Waals surface area contributed by atoms with E-state index in [9.17, 15) is 4.79 Å². The van der Waals surface area contributed by atoms with Crippen molar-refractivity contribution >= 4 is 11.7 Å². The molecule has 5 heteroatoms. The SMILES string of the molecule is CCOC(=O)C1Cc2cc(-c3ccc(OC(C)C)nc3)ccc2N1. The van der Waals surface area contributed by atoms with Gasteiger partial charge < -0.3 is 14.8 Å². The molecule has 2 aromatic rings. The maximum absolute atomic E-state index is 11.9. The average molecular weight is 326 g/mol. The summed E-state index contributed by atoms with van der Waals surface area (Å²) in [5.41, 5.74) is 4.20. The molecule has 0 saturated heterocycles. The normalized spacial score (nSPS) is 15.8. The Bertz CT molecular complexity index is 726. The zero-order valence-electron chi connectivity index (χ0n) is 14.2. The molecule has 2 heterocycles. The molecule has 0 bridgehead atoms. The summed E-state index contributed by atoms with van der Waals surface area (Å²) >= 11 is 0. The number of pyridine rings is 1. The van der Waals surface area contributed by atoms with Gasteiger partial charge in [0.15, 0.2) is 0 Å². The lowest BCUT2D eigenvalue weighted by molar-refractivity contribution is -0.143. The van der Waals surface area contributed by atoms with Crippen LogP contribution in [0.4, 0.5) is 5.69 Å². The van der Waals surface area contributed by atoms with Gasteiger partial charge in [-0.15, -0.1) is 0 Å². The Morgan fingerprint density at radius 3 is 2.75 bits per heavy atom. The third-order valence-corrected chi connectivity index (χ3v) is 3.86. The van der Waals surface area contributed by atoms with E-state index >= 15 is 0 Å². The van der Waals surface area contributed by atoms with Crippen LogP contribution in [0.25, 0.3) is 11.1 Å². The van der Waals surface area contributed by atoms with Crippen molar-refractivity contribution in [2.45, 2.75) is 39.3 Å². The van der Waals surface area contributed by atoms with Crippen LogP contribution in [0.3, 0.4) is 0 Å². The lowest BCUT2D eigenvalue weighted by Crippen LogP contribution is -2.28. The van der Waals surface area contributed by atoms with E-state index in [4.69, 9.17) is 9.47 Å². The number of rotatable bonds is 5. The number of benzene rings is 1. The number of nitrogens with one attached hydrogen (secondary N) is 1. The van der Waals surface area contributed by atoms with Crippen molar-refractivity contribution in [2.24, 2.45) is 0 Å². The molecule has 0 aliphatic carbocycles. The molecule has 1 aromatic heterocycles. The fourth-order valence-corrected chi connectivity index (χ4v) is 2.79. The van der Waals surface area contributed by atoms with Crippen LogP contribution in [0, 0.1) is 0 Å². The molecule has 5 nitrogen and oxygen atoms in total. The predicted molar refractivity (Wildman–Crippen MR) is 93.2 cm³/mol. The van der Waals surface area contributed by atoms with E-state index in [1.165, 1.54) is 0 Å². The number of nitrogens with zero attached hydrogens (tertiary/aromatic N) is 1. The summed E-state index contributed by atoms with van der Waals surface area (Å²) in [6.45, 7) is 6.17. The predicted octanol–water partition coefficient (Wildman–Crippen LogP) is 3.44. The lowest BCUT2D eigenvalue weighted by Gasteiger charge is -2.09. The lowest BCUT2D eigenvalue weighted by atomic mass is 10.0.